The molecule has 13 heavy (non-hydrogen) atoms. The summed E-state index contributed by atoms with van der Waals surface area (Å²) >= 11 is 3.53. The molecule has 0 spiro atoms. The van der Waals surface area contributed by atoms with Gasteiger partial charge < -0.3 is 5.32 Å². The number of hydrogen-bond donors (Lipinski definition) is 1. The van der Waals surface area contributed by atoms with Crippen molar-refractivity contribution in [3.8, 4) is 0 Å². The fraction of sp³-hybridized carbons (Fsp3) is 0.455. The van der Waals surface area contributed by atoms with Crippen molar-refractivity contribution in [3.05, 3.63) is 33.8 Å². The molecule has 0 bridgehead atoms. The molecule has 1 fully saturated rings. The third kappa shape index (κ3) is 1.02. The second kappa shape index (κ2) is 2.58. The van der Waals surface area contributed by atoms with E-state index in [1.165, 1.54) is 16.5 Å². The molecule has 1 saturated carbocycles. The van der Waals surface area contributed by atoms with E-state index in [9.17, 15) is 0 Å². The second-order valence-corrected chi connectivity index (χ2v) is 4.96. The minimum absolute atomic E-state index is 0.619. The highest BCUT2D eigenvalue weighted by atomic mass is 79.9. The molecule has 68 valence electrons. The lowest BCUT2D eigenvalue weighted by atomic mass is 10.0. The first-order valence-electron chi connectivity index (χ1n) is 4.78. The van der Waals surface area contributed by atoms with Crippen molar-refractivity contribution in [2.24, 2.45) is 5.92 Å². The SMILES string of the molecule is CN[C@@H]1c2ccc(Br)cc2[C@@H]2C[C@H]12. The molecule has 0 heterocycles. The van der Waals surface area contributed by atoms with Gasteiger partial charge in [-0.1, -0.05) is 22.0 Å². The van der Waals surface area contributed by atoms with Crippen LogP contribution in [0, 0.1) is 5.92 Å². The average Bonchev–Trinajstić information content (AvgIpc) is 2.84. The van der Waals surface area contributed by atoms with Gasteiger partial charge in [-0.05, 0) is 48.6 Å². The van der Waals surface area contributed by atoms with E-state index in [1.807, 2.05) is 0 Å². The van der Waals surface area contributed by atoms with E-state index < -0.39 is 0 Å². The van der Waals surface area contributed by atoms with Gasteiger partial charge in [0.25, 0.3) is 0 Å². The van der Waals surface area contributed by atoms with E-state index in [0.29, 0.717) is 6.04 Å². The Labute approximate surface area is 86.7 Å². The van der Waals surface area contributed by atoms with Crippen LogP contribution in [0.4, 0.5) is 0 Å². The van der Waals surface area contributed by atoms with E-state index >= 15 is 0 Å². The fourth-order valence-corrected chi connectivity index (χ4v) is 3.07. The Morgan fingerprint density at radius 2 is 2.23 bits per heavy atom. The monoisotopic (exact) mass is 237 g/mol. The van der Waals surface area contributed by atoms with E-state index in [0.717, 1.165) is 11.8 Å². The summed E-state index contributed by atoms with van der Waals surface area (Å²) in [5.41, 5.74) is 3.09. The van der Waals surface area contributed by atoms with Gasteiger partial charge in [-0.2, -0.15) is 0 Å². The van der Waals surface area contributed by atoms with Crippen molar-refractivity contribution in [3.63, 3.8) is 0 Å². The first-order valence-corrected chi connectivity index (χ1v) is 5.57. The number of rotatable bonds is 1. The fourth-order valence-electron chi connectivity index (χ4n) is 2.69. The van der Waals surface area contributed by atoms with Crippen LogP contribution in [0.25, 0.3) is 0 Å². The summed E-state index contributed by atoms with van der Waals surface area (Å²) in [5, 5.41) is 3.42. The molecule has 2 aliphatic rings. The smallest absolute Gasteiger partial charge is 0.0355 e. The number of fused-ring (bicyclic) bond motifs is 3. The third-order valence-corrected chi connectivity index (χ3v) is 3.86. The molecule has 0 aliphatic heterocycles. The van der Waals surface area contributed by atoms with Gasteiger partial charge in [0, 0.05) is 10.5 Å². The van der Waals surface area contributed by atoms with Gasteiger partial charge in [-0.25, -0.2) is 0 Å². The van der Waals surface area contributed by atoms with Crippen LogP contribution < -0.4 is 5.32 Å². The topological polar surface area (TPSA) is 12.0 Å². The van der Waals surface area contributed by atoms with E-state index in [2.05, 4.69) is 46.5 Å². The first kappa shape index (κ1) is 8.01. The number of hydrogen-bond acceptors (Lipinski definition) is 1. The van der Waals surface area contributed by atoms with Crippen molar-refractivity contribution >= 4 is 15.9 Å². The molecule has 2 aliphatic carbocycles. The number of halogens is 1. The van der Waals surface area contributed by atoms with E-state index in [4.69, 9.17) is 0 Å². The summed E-state index contributed by atoms with van der Waals surface area (Å²) in [6, 6.07) is 7.31. The highest BCUT2D eigenvalue weighted by Gasteiger charge is 2.51. The Balaban J connectivity index is 2.12. The molecule has 2 heteroatoms. The van der Waals surface area contributed by atoms with Crippen LogP contribution in [0.1, 0.15) is 29.5 Å². The minimum Gasteiger partial charge on any atom is -0.313 e. The molecule has 1 nitrogen and oxygen atoms in total. The van der Waals surface area contributed by atoms with Crippen molar-refractivity contribution < 1.29 is 0 Å². The third-order valence-electron chi connectivity index (χ3n) is 3.36. The Morgan fingerprint density at radius 3 is 3.00 bits per heavy atom. The summed E-state index contributed by atoms with van der Waals surface area (Å²) in [5.74, 6) is 1.74. The van der Waals surface area contributed by atoms with E-state index in [1.54, 1.807) is 5.56 Å². The van der Waals surface area contributed by atoms with E-state index in [-0.39, 0.29) is 0 Å². The molecule has 0 radical (unpaired) electrons. The van der Waals surface area contributed by atoms with Crippen LogP contribution in [0.2, 0.25) is 0 Å². The second-order valence-electron chi connectivity index (χ2n) is 4.05. The molecule has 3 rings (SSSR count). The predicted molar refractivity (Wildman–Crippen MR) is 56.8 cm³/mol. The van der Waals surface area contributed by atoms with Crippen LogP contribution in [-0.2, 0) is 0 Å². The van der Waals surface area contributed by atoms with Crippen LogP contribution >= 0.6 is 15.9 Å². The van der Waals surface area contributed by atoms with Gasteiger partial charge in [-0.15, -0.1) is 0 Å². The standard InChI is InChI=1S/C11H12BrN/c1-13-11-7-3-2-6(12)4-8(7)9-5-10(9)11/h2-4,9-11,13H,5H2,1H3/t9-,10-,11+/m0/s1. The Hall–Kier alpha value is -0.340. The van der Waals surface area contributed by atoms with Crippen molar-refractivity contribution in [1.29, 1.82) is 0 Å². The number of nitrogens with one attached hydrogen (secondary N) is 1. The summed E-state index contributed by atoms with van der Waals surface area (Å²) in [7, 11) is 2.07. The van der Waals surface area contributed by atoms with Crippen molar-refractivity contribution in [2.75, 3.05) is 7.05 Å². The largest absolute Gasteiger partial charge is 0.313 e. The minimum atomic E-state index is 0.619. The van der Waals surface area contributed by atoms with Gasteiger partial charge >= 0.3 is 0 Å². The van der Waals surface area contributed by atoms with Gasteiger partial charge in [-0.3, -0.25) is 0 Å². The van der Waals surface area contributed by atoms with Crippen LogP contribution in [0.3, 0.4) is 0 Å². The first-order chi connectivity index (χ1) is 6.31. The Bertz CT molecular complexity index is 361. The summed E-state index contributed by atoms with van der Waals surface area (Å²) in [4.78, 5) is 0. The van der Waals surface area contributed by atoms with Gasteiger partial charge in [0.1, 0.15) is 0 Å². The quantitative estimate of drug-likeness (QED) is 0.793. The van der Waals surface area contributed by atoms with Crippen LogP contribution in [0.15, 0.2) is 22.7 Å². The molecule has 0 unspecified atom stereocenters. The summed E-state index contributed by atoms with van der Waals surface area (Å²) in [6.07, 6.45) is 1.38. The normalized spacial score (nSPS) is 34.2. The maximum absolute atomic E-state index is 3.53. The number of benzene rings is 1. The molecular weight excluding hydrogens is 226 g/mol. The molecule has 1 N–H and O–H groups in total. The lowest BCUT2D eigenvalue weighted by molar-refractivity contribution is 0.544. The van der Waals surface area contributed by atoms with Gasteiger partial charge in [0.2, 0.25) is 0 Å². The molecule has 0 aromatic heterocycles. The van der Waals surface area contributed by atoms with Crippen molar-refractivity contribution in [1.82, 2.24) is 5.32 Å². The zero-order chi connectivity index (χ0) is 9.00. The molecular formula is C11H12BrN. The van der Waals surface area contributed by atoms with Crippen LogP contribution in [-0.4, -0.2) is 7.05 Å². The molecule has 1 aromatic rings. The summed E-state index contributed by atoms with van der Waals surface area (Å²) < 4.78 is 1.22. The molecule has 1 aromatic carbocycles. The Morgan fingerprint density at radius 1 is 1.38 bits per heavy atom. The molecule has 0 amide bonds. The lowest BCUT2D eigenvalue weighted by Gasteiger charge is -2.13. The molecule has 3 atom stereocenters. The highest BCUT2D eigenvalue weighted by Crippen LogP contribution is 2.61. The Kier molecular flexibility index (Phi) is 1.59. The lowest BCUT2D eigenvalue weighted by Crippen LogP contribution is -2.16. The van der Waals surface area contributed by atoms with Gasteiger partial charge in [0.15, 0.2) is 0 Å². The van der Waals surface area contributed by atoms with Crippen molar-refractivity contribution in [2.45, 2.75) is 18.4 Å². The highest BCUT2D eigenvalue weighted by molar-refractivity contribution is 9.10. The predicted octanol–water partition coefficient (Wildman–Crippen LogP) is 2.83. The molecule has 0 saturated heterocycles. The zero-order valence-corrected chi connectivity index (χ0v) is 9.14. The average molecular weight is 238 g/mol. The van der Waals surface area contributed by atoms with Gasteiger partial charge in [0.05, 0.1) is 0 Å². The maximum Gasteiger partial charge on any atom is 0.0355 e. The zero-order valence-electron chi connectivity index (χ0n) is 7.55. The maximum atomic E-state index is 3.53. The summed E-state index contributed by atoms with van der Waals surface area (Å²) in [6.45, 7) is 0. The van der Waals surface area contributed by atoms with Crippen LogP contribution in [0.5, 0.6) is 0 Å².